The first-order valence-corrected chi connectivity index (χ1v) is 7.52. The first kappa shape index (κ1) is 14.6. The second-order valence-electron chi connectivity index (χ2n) is 6.04. The van der Waals surface area contributed by atoms with Crippen LogP contribution < -0.4 is 17.3 Å². The van der Waals surface area contributed by atoms with Crippen molar-refractivity contribution in [1.29, 1.82) is 0 Å². The second kappa shape index (κ2) is 6.56. The summed E-state index contributed by atoms with van der Waals surface area (Å²) in [5, 5.41) is 0. The van der Waals surface area contributed by atoms with E-state index < -0.39 is 0 Å². The minimum absolute atomic E-state index is 0. The molecule has 0 amide bonds. The van der Waals surface area contributed by atoms with Gasteiger partial charge < -0.3 is 26.8 Å². The van der Waals surface area contributed by atoms with E-state index in [0.29, 0.717) is 6.10 Å². The quantitative estimate of drug-likeness (QED) is 0.639. The molecule has 2 aliphatic heterocycles. The van der Waals surface area contributed by atoms with Crippen molar-refractivity contribution in [2.75, 3.05) is 26.2 Å². The fraction of sp³-hybridized carbons (Fsp3) is 1.00. The third kappa shape index (κ3) is 3.38. The molecule has 0 aromatic heterocycles. The van der Waals surface area contributed by atoms with Gasteiger partial charge >= 0.3 is 0 Å². The summed E-state index contributed by atoms with van der Waals surface area (Å²) in [7, 11) is 0. The number of likely N-dealkylation sites (tertiary alicyclic amines) is 1. The van der Waals surface area contributed by atoms with Crippen LogP contribution in [0.5, 0.6) is 0 Å². The van der Waals surface area contributed by atoms with Crippen molar-refractivity contribution in [2.24, 2.45) is 0 Å². The number of hydrogen-bond donors (Lipinski definition) is 1. The number of hydrogen-bond acceptors (Lipinski definition) is 2. The van der Waals surface area contributed by atoms with Crippen molar-refractivity contribution >= 4 is 0 Å². The highest BCUT2D eigenvalue weighted by atomic mass is 35.5. The predicted molar refractivity (Wildman–Crippen MR) is 66.1 cm³/mol. The van der Waals surface area contributed by atoms with Crippen molar-refractivity contribution in [2.45, 2.75) is 63.3 Å². The van der Waals surface area contributed by atoms with Crippen LogP contribution >= 0.6 is 0 Å². The third-order valence-corrected chi connectivity index (χ3v) is 4.61. The first-order valence-electron chi connectivity index (χ1n) is 7.52. The van der Waals surface area contributed by atoms with Crippen molar-refractivity contribution in [1.82, 2.24) is 0 Å². The molecule has 4 heteroatoms. The summed E-state index contributed by atoms with van der Waals surface area (Å²) >= 11 is 0. The lowest BCUT2D eigenvalue weighted by Crippen LogP contribution is -3.13. The van der Waals surface area contributed by atoms with E-state index in [4.69, 9.17) is 9.47 Å². The molecular weight excluding hydrogens is 250 g/mol. The van der Waals surface area contributed by atoms with Gasteiger partial charge in [-0.1, -0.05) is 6.42 Å². The third-order valence-electron chi connectivity index (χ3n) is 4.61. The maximum Gasteiger partial charge on any atom is 0.169 e. The molecule has 1 unspecified atom stereocenters. The van der Waals surface area contributed by atoms with Crippen LogP contribution in [0.3, 0.4) is 0 Å². The molecule has 1 aliphatic carbocycles. The molecule has 2 saturated heterocycles. The second-order valence-corrected chi connectivity index (χ2v) is 6.04. The van der Waals surface area contributed by atoms with Gasteiger partial charge in [-0.15, -0.1) is 0 Å². The molecule has 3 rings (SSSR count). The van der Waals surface area contributed by atoms with Crippen LogP contribution in [0.25, 0.3) is 0 Å². The zero-order chi connectivity index (χ0) is 11.6. The highest BCUT2D eigenvalue weighted by molar-refractivity contribution is 4.82. The lowest BCUT2D eigenvalue weighted by molar-refractivity contribution is -0.907. The molecule has 2 heterocycles. The van der Waals surface area contributed by atoms with Gasteiger partial charge in [0.2, 0.25) is 0 Å². The van der Waals surface area contributed by atoms with Gasteiger partial charge in [-0.2, -0.15) is 0 Å². The van der Waals surface area contributed by atoms with Crippen molar-refractivity contribution in [3.63, 3.8) is 0 Å². The summed E-state index contributed by atoms with van der Waals surface area (Å²) in [6.45, 7) is 4.69. The molecule has 0 aromatic carbocycles. The Bertz CT molecular complexity index is 250. The molecule has 1 spiro atoms. The normalized spacial score (nSPS) is 32.3. The van der Waals surface area contributed by atoms with Crippen molar-refractivity contribution < 1.29 is 26.8 Å². The van der Waals surface area contributed by atoms with Gasteiger partial charge in [0.15, 0.2) is 5.79 Å². The zero-order valence-electron chi connectivity index (χ0n) is 11.3. The van der Waals surface area contributed by atoms with Gasteiger partial charge in [0.1, 0.15) is 12.6 Å². The van der Waals surface area contributed by atoms with E-state index in [1.54, 1.807) is 4.90 Å². The Labute approximate surface area is 117 Å². The van der Waals surface area contributed by atoms with Gasteiger partial charge in [0.25, 0.3) is 0 Å². The molecule has 0 aromatic rings. The summed E-state index contributed by atoms with van der Waals surface area (Å²) in [6, 6.07) is 0. The average Bonchev–Trinajstić information content (AvgIpc) is 2.74. The summed E-state index contributed by atoms with van der Waals surface area (Å²) in [5.41, 5.74) is 0. The van der Waals surface area contributed by atoms with E-state index in [1.165, 1.54) is 58.2 Å². The number of quaternary nitrogens is 1. The molecule has 0 bridgehead atoms. The largest absolute Gasteiger partial charge is 1.00 e. The molecule has 3 nitrogen and oxygen atoms in total. The van der Waals surface area contributed by atoms with E-state index in [1.807, 2.05) is 0 Å². The molecule has 106 valence electrons. The zero-order valence-corrected chi connectivity index (χ0v) is 12.0. The van der Waals surface area contributed by atoms with Gasteiger partial charge in [-0.05, 0) is 32.1 Å². The standard InChI is InChI=1S/C14H25NO2.ClH/c1-3-7-14(8-4-1)16-12-13(17-14)11-15-9-5-2-6-10-15;/h13H,1-12H2;1H. The van der Waals surface area contributed by atoms with Gasteiger partial charge in [-0.25, -0.2) is 0 Å². The van der Waals surface area contributed by atoms with Gasteiger partial charge in [-0.3, -0.25) is 0 Å². The highest BCUT2D eigenvalue weighted by Gasteiger charge is 2.43. The fourth-order valence-corrected chi connectivity index (χ4v) is 3.65. The molecule has 1 saturated carbocycles. The van der Waals surface area contributed by atoms with E-state index in [-0.39, 0.29) is 18.2 Å². The molecule has 18 heavy (non-hydrogen) atoms. The lowest BCUT2D eigenvalue weighted by Gasteiger charge is -2.32. The maximum absolute atomic E-state index is 6.25. The molecule has 1 atom stereocenters. The Morgan fingerprint density at radius 3 is 2.33 bits per heavy atom. The molecule has 0 radical (unpaired) electrons. The topological polar surface area (TPSA) is 22.9 Å². The summed E-state index contributed by atoms with van der Waals surface area (Å²) in [5.74, 6) is -0.169. The Kier molecular flexibility index (Phi) is 5.31. The highest BCUT2D eigenvalue weighted by Crippen LogP contribution is 2.37. The molecule has 3 aliphatic rings. The number of nitrogens with one attached hydrogen (secondary N) is 1. The monoisotopic (exact) mass is 275 g/mol. The Balaban J connectivity index is 0.00000120. The van der Waals surface area contributed by atoms with Crippen LogP contribution in [-0.2, 0) is 9.47 Å². The summed E-state index contributed by atoms with van der Waals surface area (Å²) in [6.07, 6.45) is 10.7. The van der Waals surface area contributed by atoms with Crippen LogP contribution in [0.15, 0.2) is 0 Å². The van der Waals surface area contributed by atoms with Crippen LogP contribution in [0.1, 0.15) is 51.4 Å². The average molecular weight is 276 g/mol. The van der Waals surface area contributed by atoms with Gasteiger partial charge in [0, 0.05) is 12.8 Å². The minimum atomic E-state index is -0.169. The van der Waals surface area contributed by atoms with Gasteiger partial charge in [0.05, 0.1) is 19.7 Å². The maximum atomic E-state index is 6.25. The lowest BCUT2D eigenvalue weighted by atomic mass is 9.94. The van der Waals surface area contributed by atoms with Crippen molar-refractivity contribution in [3.8, 4) is 0 Å². The Morgan fingerprint density at radius 1 is 0.944 bits per heavy atom. The smallest absolute Gasteiger partial charge is 0.169 e. The van der Waals surface area contributed by atoms with Crippen LogP contribution in [0, 0.1) is 0 Å². The fourth-order valence-electron chi connectivity index (χ4n) is 3.65. The number of rotatable bonds is 2. The Hall–Kier alpha value is 0.170. The SMILES string of the molecule is C1CC[NH+](CC2COC3(CCCCC3)O2)CC1.[Cl-]. The van der Waals surface area contributed by atoms with E-state index in [2.05, 4.69) is 0 Å². The minimum Gasteiger partial charge on any atom is -1.00 e. The van der Waals surface area contributed by atoms with Crippen molar-refractivity contribution in [3.05, 3.63) is 0 Å². The van der Waals surface area contributed by atoms with Crippen LogP contribution in [-0.4, -0.2) is 38.1 Å². The number of piperidine rings is 1. The summed E-state index contributed by atoms with van der Waals surface area (Å²) in [4.78, 5) is 1.73. The number of halogens is 1. The Morgan fingerprint density at radius 2 is 1.61 bits per heavy atom. The predicted octanol–water partition coefficient (Wildman–Crippen LogP) is -1.86. The number of ether oxygens (including phenoxy) is 2. The van der Waals surface area contributed by atoms with Crippen LogP contribution in [0.4, 0.5) is 0 Å². The summed E-state index contributed by atoms with van der Waals surface area (Å²) < 4.78 is 12.2. The molecule has 3 fully saturated rings. The van der Waals surface area contributed by atoms with E-state index in [9.17, 15) is 0 Å². The first-order chi connectivity index (χ1) is 8.36. The van der Waals surface area contributed by atoms with Crippen LogP contribution in [0.2, 0.25) is 0 Å². The molecular formula is C14H26ClNO2. The van der Waals surface area contributed by atoms with E-state index in [0.717, 1.165) is 19.4 Å². The van der Waals surface area contributed by atoms with E-state index >= 15 is 0 Å². The molecule has 1 N–H and O–H groups in total.